The maximum atomic E-state index is 11.9. The van der Waals surface area contributed by atoms with Crippen LogP contribution in [0.5, 0.6) is 5.75 Å². The molecule has 0 aliphatic rings. The molecule has 6 heteroatoms. The van der Waals surface area contributed by atoms with Gasteiger partial charge in [0.25, 0.3) is 0 Å². The molecule has 110 valence electrons. The van der Waals surface area contributed by atoms with E-state index in [4.69, 9.17) is 22.1 Å². The molecule has 2 aromatic rings. The third kappa shape index (κ3) is 4.65. The lowest BCUT2D eigenvalue weighted by atomic mass is 10.3. The number of carbonyl (C=O) groups excluding carboxylic acids is 1. The summed E-state index contributed by atoms with van der Waals surface area (Å²) in [6.07, 6.45) is 0.216. The zero-order valence-corrected chi connectivity index (χ0v) is 13.4. The van der Waals surface area contributed by atoms with Crippen LogP contribution in [-0.2, 0) is 4.79 Å². The fourth-order valence-electron chi connectivity index (χ4n) is 1.67. The van der Waals surface area contributed by atoms with Gasteiger partial charge in [0.15, 0.2) is 0 Å². The Labute approximate surface area is 136 Å². The second-order valence-corrected chi connectivity index (χ2v) is 5.60. The maximum absolute atomic E-state index is 11.9. The van der Waals surface area contributed by atoms with Crippen molar-refractivity contribution >= 4 is 44.8 Å². The van der Waals surface area contributed by atoms with Gasteiger partial charge in [0.2, 0.25) is 5.91 Å². The Morgan fingerprint density at radius 3 is 2.81 bits per heavy atom. The summed E-state index contributed by atoms with van der Waals surface area (Å²) in [5, 5.41) is 3.33. The summed E-state index contributed by atoms with van der Waals surface area (Å²) in [7, 11) is 0. The van der Waals surface area contributed by atoms with Crippen molar-refractivity contribution in [3.05, 3.63) is 52.0 Å². The topological polar surface area (TPSA) is 64.3 Å². The van der Waals surface area contributed by atoms with Crippen molar-refractivity contribution in [3.63, 3.8) is 0 Å². The normalized spacial score (nSPS) is 10.2. The molecule has 2 aromatic carbocycles. The predicted octanol–water partition coefficient (Wildman–Crippen LogP) is 4.09. The van der Waals surface area contributed by atoms with Crippen LogP contribution < -0.4 is 15.8 Å². The smallest absolute Gasteiger partial charge is 0.227 e. The minimum atomic E-state index is -0.160. The van der Waals surface area contributed by atoms with Crippen LogP contribution in [-0.4, -0.2) is 12.5 Å². The monoisotopic (exact) mass is 368 g/mol. The number of ether oxygens (including phenoxy) is 1. The minimum absolute atomic E-state index is 0.160. The molecule has 0 fully saturated rings. The van der Waals surface area contributed by atoms with Crippen LogP contribution in [0.1, 0.15) is 6.42 Å². The first-order valence-electron chi connectivity index (χ1n) is 6.28. The number of benzene rings is 2. The van der Waals surface area contributed by atoms with Gasteiger partial charge in [-0.25, -0.2) is 0 Å². The van der Waals surface area contributed by atoms with E-state index >= 15 is 0 Å². The third-order valence-electron chi connectivity index (χ3n) is 2.71. The van der Waals surface area contributed by atoms with Crippen molar-refractivity contribution in [3.8, 4) is 5.75 Å². The highest BCUT2D eigenvalue weighted by Crippen LogP contribution is 2.26. The fourth-order valence-corrected chi connectivity index (χ4v) is 2.19. The highest BCUT2D eigenvalue weighted by Gasteiger charge is 2.07. The number of nitrogens with one attached hydrogen (secondary N) is 1. The molecule has 0 spiro atoms. The number of nitrogens with two attached hydrogens (primary N) is 1. The van der Waals surface area contributed by atoms with E-state index in [0.717, 1.165) is 4.47 Å². The number of nitrogen functional groups attached to an aromatic ring is 1. The van der Waals surface area contributed by atoms with E-state index in [2.05, 4.69) is 21.2 Å². The van der Waals surface area contributed by atoms with Crippen molar-refractivity contribution in [2.75, 3.05) is 17.7 Å². The van der Waals surface area contributed by atoms with E-state index in [9.17, 15) is 4.79 Å². The van der Waals surface area contributed by atoms with Gasteiger partial charge in [-0.05, 0) is 46.3 Å². The lowest BCUT2D eigenvalue weighted by molar-refractivity contribution is -0.116. The molecule has 0 aliphatic carbocycles. The Balaban J connectivity index is 1.85. The molecule has 0 saturated heterocycles. The summed E-state index contributed by atoms with van der Waals surface area (Å²) < 4.78 is 6.25. The Morgan fingerprint density at radius 2 is 2.05 bits per heavy atom. The molecule has 0 unspecified atom stereocenters. The van der Waals surface area contributed by atoms with Gasteiger partial charge in [-0.3, -0.25) is 4.79 Å². The first kappa shape index (κ1) is 15.7. The number of hydrogen-bond acceptors (Lipinski definition) is 3. The molecule has 0 saturated carbocycles. The Kier molecular flexibility index (Phi) is 5.47. The van der Waals surface area contributed by atoms with E-state index < -0.39 is 0 Å². The van der Waals surface area contributed by atoms with Gasteiger partial charge in [-0.15, -0.1) is 0 Å². The summed E-state index contributed by atoms with van der Waals surface area (Å²) in [4.78, 5) is 11.9. The maximum Gasteiger partial charge on any atom is 0.227 e. The molecular weight excluding hydrogens is 356 g/mol. The molecule has 3 N–H and O–H groups in total. The Hall–Kier alpha value is -1.72. The number of para-hydroxylation sites is 2. The molecule has 0 bridgehead atoms. The Morgan fingerprint density at radius 1 is 1.29 bits per heavy atom. The molecule has 0 heterocycles. The zero-order chi connectivity index (χ0) is 15.2. The van der Waals surface area contributed by atoms with E-state index in [1.807, 2.05) is 12.1 Å². The summed E-state index contributed by atoms with van der Waals surface area (Å²) in [6, 6.07) is 12.4. The number of rotatable bonds is 5. The summed E-state index contributed by atoms with van der Waals surface area (Å²) >= 11 is 9.24. The van der Waals surface area contributed by atoms with Gasteiger partial charge in [-0.1, -0.05) is 23.7 Å². The van der Waals surface area contributed by atoms with Gasteiger partial charge in [0.1, 0.15) is 5.75 Å². The molecule has 21 heavy (non-hydrogen) atoms. The third-order valence-corrected chi connectivity index (χ3v) is 3.63. The van der Waals surface area contributed by atoms with E-state index in [0.29, 0.717) is 22.1 Å². The standard InChI is InChI=1S/C15H14BrClN2O2/c16-11-6-5-10(17)9-13(11)19-15(20)7-8-21-14-4-2-1-3-12(14)18/h1-6,9H,7-8,18H2,(H,19,20). The zero-order valence-electron chi connectivity index (χ0n) is 11.1. The fraction of sp³-hybridized carbons (Fsp3) is 0.133. The van der Waals surface area contributed by atoms with Gasteiger partial charge >= 0.3 is 0 Å². The van der Waals surface area contributed by atoms with Gasteiger partial charge in [-0.2, -0.15) is 0 Å². The number of halogens is 2. The molecule has 4 nitrogen and oxygen atoms in total. The van der Waals surface area contributed by atoms with Crippen molar-refractivity contribution in [1.29, 1.82) is 0 Å². The van der Waals surface area contributed by atoms with Crippen LogP contribution in [0.25, 0.3) is 0 Å². The minimum Gasteiger partial charge on any atom is -0.491 e. The molecule has 0 aromatic heterocycles. The molecule has 0 radical (unpaired) electrons. The van der Waals surface area contributed by atoms with E-state index in [1.165, 1.54) is 0 Å². The van der Waals surface area contributed by atoms with E-state index in [1.54, 1.807) is 30.3 Å². The van der Waals surface area contributed by atoms with Gasteiger partial charge < -0.3 is 15.8 Å². The highest BCUT2D eigenvalue weighted by atomic mass is 79.9. The quantitative estimate of drug-likeness (QED) is 0.780. The van der Waals surface area contributed by atoms with E-state index in [-0.39, 0.29) is 18.9 Å². The summed E-state index contributed by atoms with van der Waals surface area (Å²) in [6.45, 7) is 0.248. The number of carbonyl (C=O) groups is 1. The first-order chi connectivity index (χ1) is 10.1. The van der Waals surface area contributed by atoms with Crippen LogP contribution in [0, 0.1) is 0 Å². The van der Waals surface area contributed by atoms with Crippen LogP contribution in [0.15, 0.2) is 46.9 Å². The number of anilines is 2. The summed E-state index contributed by atoms with van der Waals surface area (Å²) in [5.41, 5.74) is 6.93. The second kappa shape index (κ2) is 7.33. The van der Waals surface area contributed by atoms with Crippen LogP contribution in [0.3, 0.4) is 0 Å². The second-order valence-electron chi connectivity index (χ2n) is 4.31. The highest BCUT2D eigenvalue weighted by molar-refractivity contribution is 9.10. The predicted molar refractivity (Wildman–Crippen MR) is 88.7 cm³/mol. The van der Waals surface area contributed by atoms with Crippen molar-refractivity contribution in [1.82, 2.24) is 0 Å². The molecule has 0 atom stereocenters. The number of amides is 1. The lowest BCUT2D eigenvalue weighted by Crippen LogP contribution is -2.15. The molecule has 0 aliphatic heterocycles. The molecule has 1 amide bonds. The van der Waals surface area contributed by atoms with Crippen LogP contribution >= 0.6 is 27.5 Å². The van der Waals surface area contributed by atoms with Crippen LogP contribution in [0.2, 0.25) is 5.02 Å². The Bertz CT molecular complexity index is 649. The SMILES string of the molecule is Nc1ccccc1OCCC(=O)Nc1cc(Cl)ccc1Br. The van der Waals surface area contributed by atoms with Crippen molar-refractivity contribution < 1.29 is 9.53 Å². The van der Waals surface area contributed by atoms with Gasteiger partial charge in [0, 0.05) is 9.50 Å². The van der Waals surface area contributed by atoms with Gasteiger partial charge in [0.05, 0.1) is 24.4 Å². The van der Waals surface area contributed by atoms with Crippen LogP contribution in [0.4, 0.5) is 11.4 Å². The lowest BCUT2D eigenvalue weighted by Gasteiger charge is -2.10. The first-order valence-corrected chi connectivity index (χ1v) is 7.45. The largest absolute Gasteiger partial charge is 0.491 e. The van der Waals surface area contributed by atoms with Crippen molar-refractivity contribution in [2.24, 2.45) is 0 Å². The number of hydrogen-bond donors (Lipinski definition) is 2. The molecular formula is C15H14BrClN2O2. The van der Waals surface area contributed by atoms with Crippen molar-refractivity contribution in [2.45, 2.75) is 6.42 Å². The average molecular weight is 370 g/mol. The molecule has 2 rings (SSSR count). The average Bonchev–Trinajstić information content (AvgIpc) is 2.45. The summed E-state index contributed by atoms with van der Waals surface area (Å²) in [5.74, 6) is 0.418.